The van der Waals surface area contributed by atoms with E-state index in [2.05, 4.69) is 51.2 Å². The van der Waals surface area contributed by atoms with Gasteiger partial charge in [0, 0.05) is 24.2 Å². The molecule has 0 fully saturated rings. The molecule has 3 heteroatoms. The van der Waals surface area contributed by atoms with Crippen molar-refractivity contribution in [2.45, 2.75) is 45.7 Å². The maximum Gasteiger partial charge on any atom is 0.123 e. The summed E-state index contributed by atoms with van der Waals surface area (Å²) in [6.07, 6.45) is 0. The summed E-state index contributed by atoms with van der Waals surface area (Å²) >= 11 is 0. The smallest absolute Gasteiger partial charge is 0.123 e. The van der Waals surface area contributed by atoms with Gasteiger partial charge in [-0.1, -0.05) is 39.8 Å². The molecule has 0 aliphatic heterocycles. The first-order chi connectivity index (χ1) is 8.45. The number of nitrogens with one attached hydrogen (secondary N) is 1. The Morgan fingerprint density at radius 1 is 1.22 bits per heavy atom. The van der Waals surface area contributed by atoms with E-state index in [-0.39, 0.29) is 6.04 Å². The summed E-state index contributed by atoms with van der Waals surface area (Å²) < 4.78 is 5.46. The second-order valence-electron chi connectivity index (χ2n) is 5.33. The van der Waals surface area contributed by atoms with Crippen LogP contribution in [0.4, 0.5) is 0 Å². The number of hydrogen-bond donors (Lipinski definition) is 2. The molecule has 1 rings (SSSR count). The molecular formula is C15H26N2O. The molecule has 0 bridgehead atoms. The zero-order valence-electron chi connectivity index (χ0n) is 12.2. The molecule has 1 unspecified atom stereocenters. The Hall–Kier alpha value is -1.06. The molecule has 0 amide bonds. The third kappa shape index (κ3) is 4.00. The summed E-state index contributed by atoms with van der Waals surface area (Å²) in [5.41, 5.74) is 8.55. The Morgan fingerprint density at radius 2 is 1.89 bits per heavy atom. The van der Waals surface area contributed by atoms with Crippen molar-refractivity contribution in [1.82, 2.24) is 5.32 Å². The minimum Gasteiger partial charge on any atom is -0.496 e. The zero-order chi connectivity index (χ0) is 13.7. The van der Waals surface area contributed by atoms with Gasteiger partial charge in [0.25, 0.3) is 0 Å². The minimum absolute atomic E-state index is 0.0384. The largest absolute Gasteiger partial charge is 0.496 e. The van der Waals surface area contributed by atoms with Gasteiger partial charge in [-0.25, -0.2) is 0 Å². The monoisotopic (exact) mass is 250 g/mol. The molecule has 1 atom stereocenters. The van der Waals surface area contributed by atoms with Crippen molar-refractivity contribution in [3.63, 3.8) is 0 Å². The van der Waals surface area contributed by atoms with Crippen LogP contribution in [0.2, 0.25) is 0 Å². The van der Waals surface area contributed by atoms with Gasteiger partial charge < -0.3 is 15.8 Å². The van der Waals surface area contributed by atoms with Gasteiger partial charge in [-0.15, -0.1) is 0 Å². The number of rotatable bonds is 6. The van der Waals surface area contributed by atoms with Gasteiger partial charge in [0.15, 0.2) is 0 Å². The van der Waals surface area contributed by atoms with Crippen molar-refractivity contribution in [2.75, 3.05) is 13.7 Å². The van der Waals surface area contributed by atoms with E-state index in [4.69, 9.17) is 10.5 Å². The number of nitrogens with two attached hydrogens (primary N) is 1. The van der Waals surface area contributed by atoms with E-state index in [1.165, 1.54) is 5.56 Å². The maximum absolute atomic E-state index is 6.20. The van der Waals surface area contributed by atoms with Crippen LogP contribution in [-0.4, -0.2) is 19.7 Å². The van der Waals surface area contributed by atoms with E-state index in [0.29, 0.717) is 12.0 Å². The van der Waals surface area contributed by atoms with Crippen LogP contribution in [0.1, 0.15) is 50.8 Å². The molecule has 1 aromatic carbocycles. The van der Waals surface area contributed by atoms with Gasteiger partial charge in [-0.2, -0.15) is 0 Å². The van der Waals surface area contributed by atoms with Gasteiger partial charge in [-0.05, 0) is 17.5 Å². The quantitative estimate of drug-likeness (QED) is 0.816. The molecule has 0 radical (unpaired) electrons. The van der Waals surface area contributed by atoms with Gasteiger partial charge in [0.1, 0.15) is 5.75 Å². The fourth-order valence-electron chi connectivity index (χ4n) is 1.87. The topological polar surface area (TPSA) is 47.3 Å². The Balaban J connectivity index is 2.87. The highest BCUT2D eigenvalue weighted by Gasteiger charge is 2.13. The molecule has 0 saturated heterocycles. The van der Waals surface area contributed by atoms with Gasteiger partial charge in [-0.3, -0.25) is 0 Å². The number of benzene rings is 1. The van der Waals surface area contributed by atoms with Crippen LogP contribution in [0.15, 0.2) is 18.2 Å². The van der Waals surface area contributed by atoms with Crippen LogP contribution in [-0.2, 0) is 0 Å². The molecule has 3 N–H and O–H groups in total. The molecule has 1 aromatic rings. The van der Waals surface area contributed by atoms with E-state index in [1.807, 2.05) is 0 Å². The fourth-order valence-corrected chi connectivity index (χ4v) is 1.87. The predicted molar refractivity (Wildman–Crippen MR) is 77.2 cm³/mol. The standard InChI is InChI=1S/C15H26N2O/c1-10(2)12-6-7-13(15(8-12)18-5)14(16)9-17-11(3)4/h6-8,10-11,14,17H,9,16H2,1-5H3. The summed E-state index contributed by atoms with van der Waals surface area (Å²) in [5.74, 6) is 1.39. The molecule has 102 valence electrons. The van der Waals surface area contributed by atoms with Gasteiger partial charge in [0.05, 0.1) is 7.11 Å². The van der Waals surface area contributed by atoms with E-state index in [0.717, 1.165) is 17.9 Å². The Kier molecular flexibility index (Phi) is 5.63. The molecule has 3 nitrogen and oxygen atoms in total. The summed E-state index contributed by atoms with van der Waals surface area (Å²) in [7, 11) is 1.70. The van der Waals surface area contributed by atoms with E-state index in [1.54, 1.807) is 7.11 Å². The first kappa shape index (κ1) is 15.0. The highest BCUT2D eigenvalue weighted by Crippen LogP contribution is 2.28. The molecule has 0 aromatic heterocycles. The fraction of sp³-hybridized carbons (Fsp3) is 0.600. The first-order valence-corrected chi connectivity index (χ1v) is 6.62. The van der Waals surface area contributed by atoms with Gasteiger partial charge in [0.2, 0.25) is 0 Å². The lowest BCUT2D eigenvalue weighted by Crippen LogP contribution is -2.31. The van der Waals surface area contributed by atoms with E-state index in [9.17, 15) is 0 Å². The minimum atomic E-state index is -0.0384. The summed E-state index contributed by atoms with van der Waals surface area (Å²) in [5, 5.41) is 3.35. The summed E-state index contributed by atoms with van der Waals surface area (Å²) in [6, 6.07) is 6.72. The average Bonchev–Trinajstić information content (AvgIpc) is 2.34. The second-order valence-corrected chi connectivity index (χ2v) is 5.33. The van der Waals surface area contributed by atoms with Crippen LogP contribution < -0.4 is 15.8 Å². The predicted octanol–water partition coefficient (Wildman–Crippen LogP) is 2.82. The maximum atomic E-state index is 6.20. The highest BCUT2D eigenvalue weighted by atomic mass is 16.5. The van der Waals surface area contributed by atoms with Crippen LogP contribution in [0.5, 0.6) is 5.75 Å². The number of ether oxygens (including phenoxy) is 1. The van der Waals surface area contributed by atoms with E-state index < -0.39 is 0 Å². The summed E-state index contributed by atoms with van der Waals surface area (Å²) in [4.78, 5) is 0. The first-order valence-electron chi connectivity index (χ1n) is 6.62. The van der Waals surface area contributed by atoms with Crippen LogP contribution in [0.3, 0.4) is 0 Å². The molecule has 0 spiro atoms. The highest BCUT2D eigenvalue weighted by molar-refractivity contribution is 5.40. The lowest BCUT2D eigenvalue weighted by molar-refractivity contribution is 0.402. The second kappa shape index (κ2) is 6.76. The van der Waals surface area contributed by atoms with Crippen LogP contribution in [0, 0.1) is 0 Å². The number of methoxy groups -OCH3 is 1. The van der Waals surface area contributed by atoms with Crippen molar-refractivity contribution < 1.29 is 4.74 Å². The molecule has 18 heavy (non-hydrogen) atoms. The molecule has 0 heterocycles. The van der Waals surface area contributed by atoms with Crippen molar-refractivity contribution in [3.05, 3.63) is 29.3 Å². The van der Waals surface area contributed by atoms with Crippen LogP contribution >= 0.6 is 0 Å². The average molecular weight is 250 g/mol. The Morgan fingerprint density at radius 3 is 2.39 bits per heavy atom. The SMILES string of the molecule is COc1cc(C(C)C)ccc1C(N)CNC(C)C. The van der Waals surface area contributed by atoms with Crippen molar-refractivity contribution in [1.29, 1.82) is 0 Å². The molecule has 0 aliphatic carbocycles. The summed E-state index contributed by atoms with van der Waals surface area (Å²) in [6.45, 7) is 9.34. The van der Waals surface area contributed by atoms with Crippen molar-refractivity contribution in [2.24, 2.45) is 5.73 Å². The lowest BCUT2D eigenvalue weighted by atomic mass is 9.98. The Bertz CT molecular complexity index is 375. The number of hydrogen-bond acceptors (Lipinski definition) is 3. The Labute approximate surface area is 111 Å². The zero-order valence-corrected chi connectivity index (χ0v) is 12.2. The molecule has 0 aliphatic rings. The molecular weight excluding hydrogens is 224 g/mol. The van der Waals surface area contributed by atoms with E-state index >= 15 is 0 Å². The molecule has 0 saturated carbocycles. The van der Waals surface area contributed by atoms with Gasteiger partial charge >= 0.3 is 0 Å². The lowest BCUT2D eigenvalue weighted by Gasteiger charge is -2.19. The normalized spacial score (nSPS) is 13.1. The third-order valence-corrected chi connectivity index (χ3v) is 3.07. The van der Waals surface area contributed by atoms with Crippen molar-refractivity contribution >= 4 is 0 Å². The third-order valence-electron chi connectivity index (χ3n) is 3.07. The van der Waals surface area contributed by atoms with Crippen molar-refractivity contribution in [3.8, 4) is 5.75 Å². The van der Waals surface area contributed by atoms with Crippen LogP contribution in [0.25, 0.3) is 0 Å².